The monoisotopic (exact) mass is 188 g/mol. The zero-order chi connectivity index (χ0) is 7.94. The second-order valence-corrected chi connectivity index (χ2v) is 4.22. The van der Waals surface area contributed by atoms with Crippen molar-refractivity contribution in [3.8, 4) is 0 Å². The average Bonchev–Trinajstić information content (AvgIpc) is 2.50. The SMILES string of the molecule is OCCSCCc1ccsc1. The lowest BCUT2D eigenvalue weighted by Gasteiger charge is -1.96. The summed E-state index contributed by atoms with van der Waals surface area (Å²) < 4.78 is 0. The van der Waals surface area contributed by atoms with E-state index in [4.69, 9.17) is 5.11 Å². The van der Waals surface area contributed by atoms with Crippen molar-refractivity contribution in [2.24, 2.45) is 0 Å². The first-order valence-corrected chi connectivity index (χ1v) is 5.73. The Hall–Kier alpha value is 0.01000. The van der Waals surface area contributed by atoms with Crippen LogP contribution >= 0.6 is 23.1 Å². The molecule has 0 amide bonds. The number of aliphatic hydroxyl groups excluding tert-OH is 1. The Morgan fingerprint density at radius 3 is 3.00 bits per heavy atom. The zero-order valence-electron chi connectivity index (χ0n) is 6.32. The van der Waals surface area contributed by atoms with Crippen molar-refractivity contribution in [3.05, 3.63) is 22.4 Å². The molecule has 1 rings (SSSR count). The van der Waals surface area contributed by atoms with Crippen LogP contribution in [0.2, 0.25) is 0 Å². The van der Waals surface area contributed by atoms with Crippen LogP contribution in [0.3, 0.4) is 0 Å². The van der Waals surface area contributed by atoms with E-state index in [1.54, 1.807) is 23.1 Å². The van der Waals surface area contributed by atoms with Gasteiger partial charge in [0, 0.05) is 5.75 Å². The first-order valence-electron chi connectivity index (χ1n) is 3.63. The summed E-state index contributed by atoms with van der Waals surface area (Å²) in [7, 11) is 0. The summed E-state index contributed by atoms with van der Waals surface area (Å²) in [5, 5.41) is 12.8. The second-order valence-electron chi connectivity index (χ2n) is 2.22. The van der Waals surface area contributed by atoms with Crippen molar-refractivity contribution in [3.63, 3.8) is 0 Å². The Balaban J connectivity index is 2.04. The van der Waals surface area contributed by atoms with Crippen molar-refractivity contribution < 1.29 is 5.11 Å². The molecule has 1 aromatic rings. The first kappa shape index (κ1) is 9.10. The van der Waals surface area contributed by atoms with Gasteiger partial charge in [0.25, 0.3) is 0 Å². The van der Waals surface area contributed by atoms with Gasteiger partial charge in [-0.2, -0.15) is 23.1 Å². The average molecular weight is 188 g/mol. The highest BCUT2D eigenvalue weighted by Crippen LogP contribution is 2.09. The van der Waals surface area contributed by atoms with Crippen LogP contribution in [0.4, 0.5) is 0 Å². The summed E-state index contributed by atoms with van der Waals surface area (Å²) in [6.07, 6.45) is 1.13. The predicted octanol–water partition coefficient (Wildman–Crippen LogP) is 2.02. The lowest BCUT2D eigenvalue weighted by molar-refractivity contribution is 0.322. The molecule has 1 aromatic heterocycles. The second kappa shape index (κ2) is 5.63. The Kier molecular flexibility index (Phi) is 4.66. The molecule has 0 fully saturated rings. The van der Waals surface area contributed by atoms with Crippen LogP contribution < -0.4 is 0 Å². The van der Waals surface area contributed by atoms with E-state index >= 15 is 0 Å². The Bertz CT molecular complexity index is 172. The molecule has 62 valence electrons. The third kappa shape index (κ3) is 3.79. The minimum Gasteiger partial charge on any atom is -0.396 e. The Labute approximate surface area is 75.4 Å². The molecule has 1 N–H and O–H groups in total. The highest BCUT2D eigenvalue weighted by molar-refractivity contribution is 7.99. The molecule has 0 saturated carbocycles. The molecule has 3 heteroatoms. The van der Waals surface area contributed by atoms with Gasteiger partial charge in [-0.25, -0.2) is 0 Å². The Morgan fingerprint density at radius 1 is 1.45 bits per heavy atom. The molecule has 0 saturated heterocycles. The van der Waals surface area contributed by atoms with Gasteiger partial charge < -0.3 is 5.11 Å². The number of hydrogen-bond donors (Lipinski definition) is 1. The van der Waals surface area contributed by atoms with Gasteiger partial charge in [-0.3, -0.25) is 0 Å². The third-order valence-electron chi connectivity index (χ3n) is 1.35. The van der Waals surface area contributed by atoms with E-state index in [1.165, 1.54) is 5.56 Å². The molecule has 11 heavy (non-hydrogen) atoms. The maximum absolute atomic E-state index is 8.50. The fourth-order valence-electron chi connectivity index (χ4n) is 0.792. The zero-order valence-corrected chi connectivity index (χ0v) is 7.96. The summed E-state index contributed by atoms with van der Waals surface area (Å²) in [4.78, 5) is 0. The number of aliphatic hydroxyl groups is 1. The third-order valence-corrected chi connectivity index (χ3v) is 3.05. The molecule has 0 aromatic carbocycles. The summed E-state index contributed by atoms with van der Waals surface area (Å²) in [5.41, 5.74) is 1.42. The van der Waals surface area contributed by atoms with Gasteiger partial charge in [-0.05, 0) is 34.6 Å². The topological polar surface area (TPSA) is 20.2 Å². The molecule has 1 heterocycles. The van der Waals surface area contributed by atoms with Gasteiger partial charge in [0.15, 0.2) is 0 Å². The van der Waals surface area contributed by atoms with Crippen molar-refractivity contribution in [1.82, 2.24) is 0 Å². The van der Waals surface area contributed by atoms with Gasteiger partial charge in [0.1, 0.15) is 0 Å². The van der Waals surface area contributed by atoms with Crippen LogP contribution in [0.15, 0.2) is 16.8 Å². The van der Waals surface area contributed by atoms with Gasteiger partial charge in [-0.1, -0.05) is 0 Å². The standard InChI is InChI=1S/C8H12OS2/c9-3-6-10-4-1-8-2-5-11-7-8/h2,5,7,9H,1,3-4,6H2. The van der Waals surface area contributed by atoms with Gasteiger partial charge >= 0.3 is 0 Å². The fraction of sp³-hybridized carbons (Fsp3) is 0.500. The quantitative estimate of drug-likeness (QED) is 0.713. The van der Waals surface area contributed by atoms with Crippen molar-refractivity contribution in [2.75, 3.05) is 18.1 Å². The van der Waals surface area contributed by atoms with Crippen LogP contribution in [-0.4, -0.2) is 23.2 Å². The molecule has 0 aliphatic rings. The van der Waals surface area contributed by atoms with Crippen molar-refractivity contribution in [1.29, 1.82) is 0 Å². The largest absolute Gasteiger partial charge is 0.396 e. The van der Waals surface area contributed by atoms with Crippen LogP contribution in [0.25, 0.3) is 0 Å². The smallest absolute Gasteiger partial charge is 0.0521 e. The fourth-order valence-corrected chi connectivity index (χ4v) is 2.21. The lowest BCUT2D eigenvalue weighted by atomic mass is 10.3. The van der Waals surface area contributed by atoms with E-state index in [0.717, 1.165) is 17.9 Å². The van der Waals surface area contributed by atoms with E-state index in [-0.39, 0.29) is 0 Å². The van der Waals surface area contributed by atoms with E-state index < -0.39 is 0 Å². The molecule has 0 bridgehead atoms. The summed E-state index contributed by atoms with van der Waals surface area (Å²) in [5.74, 6) is 1.99. The predicted molar refractivity (Wildman–Crippen MR) is 52.4 cm³/mol. The van der Waals surface area contributed by atoms with E-state index in [9.17, 15) is 0 Å². The molecule has 1 nitrogen and oxygen atoms in total. The molecule has 0 aliphatic heterocycles. The van der Waals surface area contributed by atoms with E-state index in [1.807, 2.05) is 0 Å². The Morgan fingerprint density at radius 2 is 2.36 bits per heavy atom. The normalized spacial score (nSPS) is 10.3. The number of thiophene rings is 1. The van der Waals surface area contributed by atoms with Crippen LogP contribution in [-0.2, 0) is 6.42 Å². The molecule has 0 spiro atoms. The van der Waals surface area contributed by atoms with Crippen LogP contribution in [0.5, 0.6) is 0 Å². The molecule has 0 radical (unpaired) electrons. The van der Waals surface area contributed by atoms with Crippen LogP contribution in [0.1, 0.15) is 5.56 Å². The molecule has 0 aliphatic carbocycles. The maximum atomic E-state index is 8.50. The summed E-state index contributed by atoms with van der Waals surface area (Å²) in [6, 6.07) is 2.16. The van der Waals surface area contributed by atoms with Crippen LogP contribution in [0, 0.1) is 0 Å². The minimum absolute atomic E-state index is 0.300. The summed E-state index contributed by atoms with van der Waals surface area (Å²) in [6.45, 7) is 0.300. The first-order chi connectivity index (χ1) is 5.43. The minimum atomic E-state index is 0.300. The van der Waals surface area contributed by atoms with Gasteiger partial charge in [0.2, 0.25) is 0 Å². The number of aryl methyl sites for hydroxylation is 1. The van der Waals surface area contributed by atoms with Crippen molar-refractivity contribution in [2.45, 2.75) is 6.42 Å². The number of thioether (sulfide) groups is 1. The number of hydrogen-bond acceptors (Lipinski definition) is 3. The lowest BCUT2D eigenvalue weighted by Crippen LogP contribution is -1.90. The molecule has 0 atom stereocenters. The van der Waals surface area contributed by atoms with E-state index in [0.29, 0.717) is 6.61 Å². The molecular formula is C8H12OS2. The van der Waals surface area contributed by atoms with Gasteiger partial charge in [0.05, 0.1) is 6.61 Å². The highest BCUT2D eigenvalue weighted by atomic mass is 32.2. The van der Waals surface area contributed by atoms with E-state index in [2.05, 4.69) is 16.8 Å². The maximum Gasteiger partial charge on any atom is 0.0521 e. The summed E-state index contributed by atoms with van der Waals surface area (Å²) >= 11 is 3.55. The van der Waals surface area contributed by atoms with Gasteiger partial charge in [-0.15, -0.1) is 0 Å². The molecule has 0 unspecified atom stereocenters. The highest BCUT2D eigenvalue weighted by Gasteiger charge is 1.92. The van der Waals surface area contributed by atoms with Crippen molar-refractivity contribution >= 4 is 23.1 Å². The number of rotatable bonds is 5. The molecular weight excluding hydrogens is 176 g/mol.